The number of imidazole rings is 1. The molecule has 0 N–H and O–H groups in total. The van der Waals surface area contributed by atoms with Crippen LogP contribution in [0.3, 0.4) is 0 Å². The molecule has 2 heterocycles. The number of hydrogen-bond donors (Lipinski definition) is 0. The van der Waals surface area contributed by atoms with E-state index in [2.05, 4.69) is 9.97 Å². The van der Waals surface area contributed by atoms with Crippen molar-refractivity contribution < 1.29 is 4.39 Å². The van der Waals surface area contributed by atoms with E-state index in [1.54, 1.807) is 12.3 Å². The molecule has 0 radical (unpaired) electrons. The lowest BCUT2D eigenvalue weighted by Gasteiger charge is -2.02. The normalized spacial score (nSPS) is 11.6. The van der Waals surface area contributed by atoms with Crippen LogP contribution in [0.1, 0.15) is 0 Å². The van der Waals surface area contributed by atoms with Crippen molar-refractivity contribution in [2.24, 2.45) is 0 Å². The summed E-state index contributed by atoms with van der Waals surface area (Å²) < 4.78 is 15.3. The van der Waals surface area contributed by atoms with E-state index in [0.717, 1.165) is 27.7 Å². The van der Waals surface area contributed by atoms with E-state index in [-0.39, 0.29) is 5.82 Å². The Balaban J connectivity index is 2.35. The number of nitrogens with zero attached hydrogens (tertiary/aromatic N) is 3. The fraction of sp³-hybridized carbons (Fsp3) is 0. The van der Waals surface area contributed by atoms with Crippen molar-refractivity contribution in [3.8, 4) is 0 Å². The van der Waals surface area contributed by atoms with Crippen molar-refractivity contribution in [1.82, 2.24) is 14.4 Å². The largest absolute Gasteiger partial charge is 0.289 e. The van der Waals surface area contributed by atoms with Gasteiger partial charge in [-0.15, -0.1) is 0 Å². The van der Waals surface area contributed by atoms with Crippen LogP contribution in [-0.4, -0.2) is 14.4 Å². The van der Waals surface area contributed by atoms with E-state index in [9.17, 15) is 4.39 Å². The average molecular weight is 237 g/mol. The Morgan fingerprint density at radius 2 is 1.83 bits per heavy atom. The Labute approximate surface area is 102 Å². The maximum Gasteiger partial charge on any atom is 0.157 e. The van der Waals surface area contributed by atoms with Crippen LogP contribution in [0.4, 0.5) is 4.39 Å². The third kappa shape index (κ3) is 1.17. The first kappa shape index (κ1) is 9.53. The van der Waals surface area contributed by atoms with Crippen LogP contribution in [0.15, 0.2) is 48.7 Å². The average Bonchev–Trinajstić information content (AvgIpc) is 2.77. The zero-order valence-corrected chi connectivity index (χ0v) is 9.34. The molecule has 18 heavy (non-hydrogen) atoms. The summed E-state index contributed by atoms with van der Waals surface area (Å²) in [6.45, 7) is 0. The molecule has 0 spiro atoms. The molecule has 0 unspecified atom stereocenters. The Bertz CT molecular complexity index is 895. The van der Waals surface area contributed by atoms with E-state index >= 15 is 0 Å². The highest BCUT2D eigenvalue weighted by Gasteiger charge is 2.08. The maximum atomic E-state index is 13.4. The van der Waals surface area contributed by atoms with Gasteiger partial charge in [-0.05, 0) is 24.3 Å². The summed E-state index contributed by atoms with van der Waals surface area (Å²) in [6.07, 6.45) is 1.71. The lowest BCUT2D eigenvalue weighted by Crippen LogP contribution is -1.91. The Morgan fingerprint density at radius 1 is 0.944 bits per heavy atom. The number of fused-ring (bicyclic) bond motifs is 5. The van der Waals surface area contributed by atoms with Crippen LogP contribution in [0.25, 0.3) is 27.7 Å². The first-order valence-electron chi connectivity index (χ1n) is 5.64. The Kier molecular flexibility index (Phi) is 1.73. The second-order valence-electron chi connectivity index (χ2n) is 4.19. The monoisotopic (exact) mass is 237 g/mol. The topological polar surface area (TPSA) is 30.2 Å². The molecular formula is C14H8FN3. The van der Waals surface area contributed by atoms with Crippen LogP contribution in [-0.2, 0) is 0 Å². The highest BCUT2D eigenvalue weighted by molar-refractivity contribution is 5.88. The molecule has 2 aromatic heterocycles. The van der Waals surface area contributed by atoms with Crippen LogP contribution in [0.5, 0.6) is 0 Å². The lowest BCUT2D eigenvalue weighted by molar-refractivity contribution is 0.629. The molecule has 4 rings (SSSR count). The number of rotatable bonds is 0. The van der Waals surface area contributed by atoms with Gasteiger partial charge in [0.2, 0.25) is 0 Å². The molecule has 0 bridgehead atoms. The van der Waals surface area contributed by atoms with Crippen LogP contribution in [0.2, 0.25) is 0 Å². The summed E-state index contributed by atoms with van der Waals surface area (Å²) in [4.78, 5) is 8.77. The molecule has 86 valence electrons. The van der Waals surface area contributed by atoms with Crippen molar-refractivity contribution in [2.75, 3.05) is 0 Å². The summed E-state index contributed by atoms with van der Waals surface area (Å²) >= 11 is 0. The first-order valence-corrected chi connectivity index (χ1v) is 5.64. The highest BCUT2D eigenvalue weighted by Crippen LogP contribution is 2.21. The summed E-state index contributed by atoms with van der Waals surface area (Å²) in [6, 6.07) is 12.4. The number of hydrogen-bond acceptors (Lipinski definition) is 2. The van der Waals surface area contributed by atoms with Gasteiger partial charge in [0.1, 0.15) is 5.82 Å². The quantitative estimate of drug-likeness (QED) is 0.470. The molecule has 0 aliphatic carbocycles. The first-order chi connectivity index (χ1) is 8.83. The van der Waals surface area contributed by atoms with Gasteiger partial charge in [-0.3, -0.25) is 9.38 Å². The van der Waals surface area contributed by atoms with E-state index in [0.29, 0.717) is 0 Å². The standard InChI is InChI=1S/C14H8FN3/c15-9-5-6-10-13(7-9)18-12-4-2-1-3-11(12)17-14(18)8-16-10/h1-8H. The zero-order chi connectivity index (χ0) is 12.1. The number of para-hydroxylation sites is 2. The third-order valence-electron chi connectivity index (χ3n) is 3.08. The smallest absolute Gasteiger partial charge is 0.157 e. The molecule has 0 fully saturated rings. The molecule has 0 aliphatic rings. The molecule has 4 heteroatoms. The minimum atomic E-state index is -0.269. The van der Waals surface area contributed by atoms with E-state index < -0.39 is 0 Å². The van der Waals surface area contributed by atoms with Crippen molar-refractivity contribution >= 4 is 27.7 Å². The van der Waals surface area contributed by atoms with Crippen molar-refractivity contribution in [3.05, 3.63) is 54.5 Å². The fourth-order valence-electron chi connectivity index (χ4n) is 2.30. The number of aromatic nitrogens is 3. The molecule has 0 aliphatic heterocycles. The number of benzene rings is 2. The van der Waals surface area contributed by atoms with Crippen molar-refractivity contribution in [3.63, 3.8) is 0 Å². The van der Waals surface area contributed by atoms with Crippen LogP contribution >= 0.6 is 0 Å². The molecule has 2 aromatic carbocycles. The number of halogens is 1. The molecule has 3 nitrogen and oxygen atoms in total. The zero-order valence-electron chi connectivity index (χ0n) is 9.34. The fourth-order valence-corrected chi connectivity index (χ4v) is 2.30. The van der Waals surface area contributed by atoms with Gasteiger partial charge >= 0.3 is 0 Å². The molecule has 4 aromatic rings. The molecular weight excluding hydrogens is 229 g/mol. The Morgan fingerprint density at radius 3 is 2.78 bits per heavy atom. The van der Waals surface area contributed by atoms with Gasteiger partial charge in [0.15, 0.2) is 5.65 Å². The van der Waals surface area contributed by atoms with Gasteiger partial charge < -0.3 is 0 Å². The SMILES string of the molecule is Fc1ccc2ncc3nc4ccccc4n3c2c1. The van der Waals surface area contributed by atoms with Gasteiger partial charge in [0, 0.05) is 6.07 Å². The summed E-state index contributed by atoms with van der Waals surface area (Å²) in [5.74, 6) is -0.269. The summed E-state index contributed by atoms with van der Waals surface area (Å²) in [5, 5.41) is 0. The van der Waals surface area contributed by atoms with Crippen molar-refractivity contribution in [1.29, 1.82) is 0 Å². The van der Waals surface area contributed by atoms with Gasteiger partial charge in [-0.2, -0.15) is 0 Å². The van der Waals surface area contributed by atoms with Crippen molar-refractivity contribution in [2.45, 2.75) is 0 Å². The van der Waals surface area contributed by atoms with Gasteiger partial charge in [-0.1, -0.05) is 12.1 Å². The predicted molar refractivity (Wildman–Crippen MR) is 68.0 cm³/mol. The van der Waals surface area contributed by atoms with Gasteiger partial charge in [0.05, 0.1) is 28.3 Å². The van der Waals surface area contributed by atoms with Crippen LogP contribution in [0, 0.1) is 5.82 Å². The molecule has 0 saturated carbocycles. The Hall–Kier alpha value is -2.49. The van der Waals surface area contributed by atoms with E-state index in [1.807, 2.05) is 28.7 Å². The van der Waals surface area contributed by atoms with Gasteiger partial charge in [-0.25, -0.2) is 9.37 Å². The maximum absolute atomic E-state index is 13.4. The summed E-state index contributed by atoms with van der Waals surface area (Å²) in [5.41, 5.74) is 4.07. The minimum Gasteiger partial charge on any atom is -0.289 e. The highest BCUT2D eigenvalue weighted by atomic mass is 19.1. The molecule has 0 amide bonds. The third-order valence-corrected chi connectivity index (χ3v) is 3.08. The van der Waals surface area contributed by atoms with E-state index in [1.165, 1.54) is 12.1 Å². The minimum absolute atomic E-state index is 0.269. The summed E-state index contributed by atoms with van der Waals surface area (Å²) in [7, 11) is 0. The van der Waals surface area contributed by atoms with E-state index in [4.69, 9.17) is 0 Å². The predicted octanol–water partition coefficient (Wildman–Crippen LogP) is 3.17. The second-order valence-corrected chi connectivity index (χ2v) is 4.19. The van der Waals surface area contributed by atoms with Gasteiger partial charge in [0.25, 0.3) is 0 Å². The van der Waals surface area contributed by atoms with Crippen LogP contribution < -0.4 is 0 Å². The lowest BCUT2D eigenvalue weighted by atomic mass is 10.2. The second kappa shape index (κ2) is 3.26. The molecule has 0 saturated heterocycles. The molecule has 0 atom stereocenters.